The number of ether oxygens (including phenoxy) is 1. The van der Waals surface area contributed by atoms with Crippen LogP contribution >= 0.6 is 0 Å². The molecule has 2 heterocycles. The lowest BCUT2D eigenvalue weighted by atomic mass is 10.0. The molecule has 1 aliphatic heterocycles. The lowest BCUT2D eigenvalue weighted by molar-refractivity contribution is -0.153. The second kappa shape index (κ2) is 3.57. The van der Waals surface area contributed by atoms with Crippen LogP contribution in [-0.4, -0.2) is 26.7 Å². The predicted octanol–water partition coefficient (Wildman–Crippen LogP) is -0.242. The van der Waals surface area contributed by atoms with Crippen molar-refractivity contribution < 1.29 is 14.3 Å². The minimum absolute atomic E-state index is 0.188. The Morgan fingerprint density at radius 3 is 3.00 bits per heavy atom. The zero-order chi connectivity index (χ0) is 9.97. The van der Waals surface area contributed by atoms with Crippen LogP contribution in [0, 0.1) is 5.92 Å². The van der Waals surface area contributed by atoms with Gasteiger partial charge in [0, 0.05) is 6.54 Å². The number of carbonyl (C=O) groups is 2. The average molecular weight is 195 g/mol. The molecule has 0 bridgehead atoms. The van der Waals surface area contributed by atoms with Crippen molar-refractivity contribution in [3.8, 4) is 0 Å². The first kappa shape index (κ1) is 8.86. The topological polar surface area (TPSA) is 74.1 Å². The third kappa shape index (κ3) is 1.78. The molecule has 2 rings (SSSR count). The molecule has 0 aliphatic carbocycles. The van der Waals surface area contributed by atoms with Crippen molar-refractivity contribution in [2.24, 2.45) is 5.92 Å². The molecule has 0 aromatic carbocycles. The van der Waals surface area contributed by atoms with Gasteiger partial charge in [0.25, 0.3) is 0 Å². The quantitative estimate of drug-likeness (QED) is 0.491. The first-order valence-electron chi connectivity index (χ1n) is 4.32. The molecule has 1 aromatic heterocycles. The summed E-state index contributed by atoms with van der Waals surface area (Å²) < 4.78 is 6.04. The standard InChI is InChI=1S/C8H9N3O3/c12-7-3-6(8(13)14-7)1-2-11-5-9-4-10-11/h4-6H,1-3H2. The first-order chi connectivity index (χ1) is 6.75. The van der Waals surface area contributed by atoms with E-state index in [0.717, 1.165) is 0 Å². The van der Waals surface area contributed by atoms with Gasteiger partial charge in [-0.15, -0.1) is 0 Å². The lowest BCUT2D eigenvalue weighted by Gasteiger charge is -2.03. The van der Waals surface area contributed by atoms with Gasteiger partial charge in [-0.2, -0.15) is 5.10 Å². The summed E-state index contributed by atoms with van der Waals surface area (Å²) in [6, 6.07) is 0. The van der Waals surface area contributed by atoms with E-state index in [2.05, 4.69) is 14.8 Å². The first-order valence-corrected chi connectivity index (χ1v) is 4.32. The molecule has 0 radical (unpaired) electrons. The maximum absolute atomic E-state index is 11.1. The van der Waals surface area contributed by atoms with Crippen molar-refractivity contribution in [3.05, 3.63) is 12.7 Å². The molecule has 0 N–H and O–H groups in total. The molecule has 1 unspecified atom stereocenters. The molecule has 6 heteroatoms. The van der Waals surface area contributed by atoms with Crippen molar-refractivity contribution in [1.29, 1.82) is 0 Å². The fourth-order valence-corrected chi connectivity index (χ4v) is 1.38. The second-order valence-electron chi connectivity index (χ2n) is 3.14. The van der Waals surface area contributed by atoms with Gasteiger partial charge in [-0.05, 0) is 6.42 Å². The van der Waals surface area contributed by atoms with E-state index in [1.807, 2.05) is 0 Å². The fraction of sp³-hybridized carbons (Fsp3) is 0.500. The summed E-state index contributed by atoms with van der Waals surface area (Å²) in [5.41, 5.74) is 0. The molecular weight excluding hydrogens is 186 g/mol. The number of carbonyl (C=O) groups excluding carboxylic acids is 2. The maximum Gasteiger partial charge on any atom is 0.317 e. The number of esters is 2. The van der Waals surface area contributed by atoms with Gasteiger partial charge in [0.2, 0.25) is 0 Å². The summed E-state index contributed by atoms with van der Waals surface area (Å²) in [5, 5.41) is 3.89. The van der Waals surface area contributed by atoms with E-state index < -0.39 is 11.9 Å². The number of hydrogen-bond donors (Lipinski definition) is 0. The molecule has 74 valence electrons. The Hall–Kier alpha value is -1.72. The molecule has 0 saturated carbocycles. The van der Waals surface area contributed by atoms with E-state index in [4.69, 9.17) is 0 Å². The van der Waals surface area contributed by atoms with Crippen LogP contribution in [0.1, 0.15) is 12.8 Å². The van der Waals surface area contributed by atoms with Crippen molar-refractivity contribution in [3.63, 3.8) is 0 Å². The Bertz CT molecular complexity index is 347. The minimum Gasteiger partial charge on any atom is -0.393 e. The summed E-state index contributed by atoms with van der Waals surface area (Å²) in [5.74, 6) is -1.17. The van der Waals surface area contributed by atoms with E-state index >= 15 is 0 Å². The van der Waals surface area contributed by atoms with Crippen molar-refractivity contribution in [2.45, 2.75) is 19.4 Å². The molecule has 14 heavy (non-hydrogen) atoms. The Balaban J connectivity index is 1.87. The molecule has 1 aromatic rings. The van der Waals surface area contributed by atoms with Gasteiger partial charge < -0.3 is 4.74 Å². The van der Waals surface area contributed by atoms with Crippen LogP contribution in [0.25, 0.3) is 0 Å². The summed E-state index contributed by atoms with van der Waals surface area (Å²) >= 11 is 0. The predicted molar refractivity (Wildman–Crippen MR) is 43.8 cm³/mol. The molecule has 0 amide bonds. The molecule has 1 atom stereocenters. The number of nitrogens with zero attached hydrogens (tertiary/aromatic N) is 3. The van der Waals surface area contributed by atoms with Gasteiger partial charge in [-0.25, -0.2) is 4.98 Å². The number of hydrogen-bond acceptors (Lipinski definition) is 5. The summed E-state index contributed by atoms with van der Waals surface area (Å²) in [6.07, 6.45) is 3.75. The molecule has 0 spiro atoms. The number of rotatable bonds is 3. The second-order valence-corrected chi connectivity index (χ2v) is 3.14. The van der Waals surface area contributed by atoms with Gasteiger partial charge in [-0.1, -0.05) is 0 Å². The van der Waals surface area contributed by atoms with Crippen LogP contribution in [0.2, 0.25) is 0 Å². The Morgan fingerprint density at radius 2 is 2.43 bits per heavy atom. The normalized spacial score (nSPS) is 21.3. The third-order valence-electron chi connectivity index (χ3n) is 2.13. The van der Waals surface area contributed by atoms with Gasteiger partial charge >= 0.3 is 11.9 Å². The zero-order valence-corrected chi connectivity index (χ0v) is 7.42. The highest BCUT2D eigenvalue weighted by molar-refractivity contribution is 5.94. The minimum atomic E-state index is -0.432. The lowest BCUT2D eigenvalue weighted by Crippen LogP contribution is -2.11. The van der Waals surface area contributed by atoms with Gasteiger partial charge in [0.15, 0.2) is 0 Å². The highest BCUT2D eigenvalue weighted by Crippen LogP contribution is 2.19. The van der Waals surface area contributed by atoms with Gasteiger partial charge in [0.1, 0.15) is 12.7 Å². The SMILES string of the molecule is O=C1CC(CCn2cncn2)C(=O)O1. The van der Waals surface area contributed by atoms with Crippen LogP contribution in [0.4, 0.5) is 0 Å². The van der Waals surface area contributed by atoms with E-state index in [1.54, 1.807) is 11.0 Å². The average Bonchev–Trinajstić information content (AvgIpc) is 2.72. The molecule has 1 saturated heterocycles. The Morgan fingerprint density at radius 1 is 1.57 bits per heavy atom. The number of aryl methyl sites for hydroxylation is 1. The van der Waals surface area contributed by atoms with Crippen LogP contribution < -0.4 is 0 Å². The molecule has 6 nitrogen and oxygen atoms in total. The maximum atomic E-state index is 11.1. The smallest absolute Gasteiger partial charge is 0.317 e. The zero-order valence-electron chi connectivity index (χ0n) is 7.42. The van der Waals surface area contributed by atoms with E-state index in [9.17, 15) is 9.59 Å². The highest BCUT2D eigenvalue weighted by atomic mass is 16.6. The monoisotopic (exact) mass is 195 g/mol. The van der Waals surface area contributed by atoms with Crippen LogP contribution in [0.3, 0.4) is 0 Å². The molecular formula is C8H9N3O3. The summed E-state index contributed by atoms with van der Waals surface area (Å²) in [6.45, 7) is 0.576. The van der Waals surface area contributed by atoms with Crippen LogP contribution in [-0.2, 0) is 20.9 Å². The summed E-state index contributed by atoms with van der Waals surface area (Å²) in [4.78, 5) is 25.6. The van der Waals surface area contributed by atoms with Gasteiger partial charge in [-0.3, -0.25) is 14.3 Å². The van der Waals surface area contributed by atoms with Crippen LogP contribution in [0.15, 0.2) is 12.7 Å². The highest BCUT2D eigenvalue weighted by Gasteiger charge is 2.32. The third-order valence-corrected chi connectivity index (χ3v) is 2.13. The van der Waals surface area contributed by atoms with Crippen molar-refractivity contribution in [2.75, 3.05) is 0 Å². The van der Waals surface area contributed by atoms with E-state index in [1.165, 1.54) is 6.33 Å². The number of aromatic nitrogens is 3. The fourth-order valence-electron chi connectivity index (χ4n) is 1.38. The van der Waals surface area contributed by atoms with Crippen LogP contribution in [0.5, 0.6) is 0 Å². The molecule has 1 aliphatic rings. The molecule has 1 fully saturated rings. The number of cyclic esters (lactones) is 2. The Labute approximate surface area is 79.9 Å². The largest absolute Gasteiger partial charge is 0.393 e. The van der Waals surface area contributed by atoms with Crippen molar-refractivity contribution >= 4 is 11.9 Å². The van der Waals surface area contributed by atoms with Crippen molar-refractivity contribution in [1.82, 2.24) is 14.8 Å². The van der Waals surface area contributed by atoms with E-state index in [-0.39, 0.29) is 12.3 Å². The Kier molecular flexibility index (Phi) is 2.26. The van der Waals surface area contributed by atoms with Gasteiger partial charge in [0.05, 0.1) is 12.3 Å². The van der Waals surface area contributed by atoms with E-state index in [0.29, 0.717) is 13.0 Å². The summed E-state index contributed by atoms with van der Waals surface area (Å²) in [7, 11) is 0.